The Bertz CT molecular complexity index is 533. The molecule has 5 heteroatoms. The molecule has 0 aliphatic heterocycles. The molecule has 1 heterocycles. The molecular formula is C17H26N4O. The molecule has 0 aromatic carbocycles. The largest absolute Gasteiger partial charge is 0.365 e. The highest BCUT2D eigenvalue weighted by molar-refractivity contribution is 5.93. The van der Waals surface area contributed by atoms with Crippen LogP contribution in [0.4, 0.5) is 5.95 Å². The molecule has 22 heavy (non-hydrogen) atoms. The maximum atomic E-state index is 11.6. The predicted molar refractivity (Wildman–Crippen MR) is 86.6 cm³/mol. The minimum absolute atomic E-state index is 0.424. The maximum absolute atomic E-state index is 11.6. The average Bonchev–Trinajstić information content (AvgIpc) is 2.45. The quantitative estimate of drug-likeness (QED) is 0.876. The molecule has 0 bridgehead atoms. The number of nitrogens with two attached hydrogens (primary N) is 1. The third-order valence-electron chi connectivity index (χ3n) is 5.19. The molecule has 3 rings (SSSR count). The van der Waals surface area contributed by atoms with Gasteiger partial charge in [0.25, 0.3) is 5.91 Å². The Kier molecular flexibility index (Phi) is 4.60. The smallest absolute Gasteiger partial charge is 0.252 e. The third-order valence-corrected chi connectivity index (χ3v) is 5.19. The Hall–Kier alpha value is -1.65. The van der Waals surface area contributed by atoms with Crippen molar-refractivity contribution in [3.8, 4) is 0 Å². The summed E-state index contributed by atoms with van der Waals surface area (Å²) in [4.78, 5) is 20.5. The van der Waals surface area contributed by atoms with Crippen LogP contribution in [0.1, 0.15) is 67.9 Å². The van der Waals surface area contributed by atoms with Gasteiger partial charge in [-0.15, -0.1) is 0 Å². The number of carbonyl (C=O) groups is 1. The first-order valence-corrected chi connectivity index (χ1v) is 8.54. The van der Waals surface area contributed by atoms with Crippen LogP contribution < -0.4 is 11.1 Å². The zero-order valence-corrected chi connectivity index (χ0v) is 13.3. The number of hydrogen-bond donors (Lipinski definition) is 2. The van der Waals surface area contributed by atoms with Crippen LogP contribution in [0.15, 0.2) is 6.20 Å². The molecule has 1 aromatic heterocycles. The summed E-state index contributed by atoms with van der Waals surface area (Å²) < 4.78 is 0. The first-order valence-electron chi connectivity index (χ1n) is 8.54. The fraction of sp³-hybridized carbons (Fsp3) is 0.706. The highest BCUT2D eigenvalue weighted by atomic mass is 16.1. The zero-order chi connectivity index (χ0) is 15.5. The summed E-state index contributed by atoms with van der Waals surface area (Å²) in [6.07, 6.45) is 11.0. The minimum atomic E-state index is -0.424. The number of anilines is 1. The minimum Gasteiger partial charge on any atom is -0.365 e. The van der Waals surface area contributed by atoms with E-state index in [9.17, 15) is 4.79 Å². The molecule has 3 N–H and O–H groups in total. The van der Waals surface area contributed by atoms with Gasteiger partial charge in [-0.2, -0.15) is 0 Å². The van der Waals surface area contributed by atoms with Gasteiger partial charge in [0, 0.05) is 12.2 Å². The lowest BCUT2D eigenvalue weighted by Crippen LogP contribution is -2.27. The van der Waals surface area contributed by atoms with Crippen molar-refractivity contribution in [2.45, 2.75) is 64.3 Å². The molecule has 2 saturated carbocycles. The van der Waals surface area contributed by atoms with Crippen molar-refractivity contribution in [3.05, 3.63) is 17.5 Å². The lowest BCUT2D eigenvalue weighted by Gasteiger charge is -2.28. The van der Waals surface area contributed by atoms with Gasteiger partial charge in [-0.3, -0.25) is 4.79 Å². The summed E-state index contributed by atoms with van der Waals surface area (Å²) in [5.41, 5.74) is 6.76. The van der Waals surface area contributed by atoms with Crippen molar-refractivity contribution in [2.24, 2.45) is 17.6 Å². The third kappa shape index (κ3) is 3.57. The highest BCUT2D eigenvalue weighted by Crippen LogP contribution is 2.30. The van der Waals surface area contributed by atoms with Gasteiger partial charge in [0.2, 0.25) is 5.95 Å². The van der Waals surface area contributed by atoms with Crippen LogP contribution in [0.2, 0.25) is 0 Å². The number of amides is 1. The molecule has 1 aromatic rings. The lowest BCUT2D eigenvalue weighted by atomic mass is 9.81. The Morgan fingerprint density at radius 2 is 2.00 bits per heavy atom. The van der Waals surface area contributed by atoms with Crippen LogP contribution in [-0.2, 0) is 6.42 Å². The fourth-order valence-electron chi connectivity index (χ4n) is 3.41. The molecule has 0 atom stereocenters. The normalized spacial score (nSPS) is 25.5. The number of carbonyl (C=O) groups excluding carboxylic acids is 1. The summed E-state index contributed by atoms with van der Waals surface area (Å²) in [5, 5.41) is 3.44. The molecule has 0 saturated heterocycles. The van der Waals surface area contributed by atoms with Gasteiger partial charge in [-0.25, -0.2) is 9.97 Å². The molecule has 2 aliphatic carbocycles. The summed E-state index contributed by atoms with van der Waals surface area (Å²) in [7, 11) is 0. The van der Waals surface area contributed by atoms with Crippen molar-refractivity contribution in [3.63, 3.8) is 0 Å². The van der Waals surface area contributed by atoms with E-state index in [4.69, 9.17) is 5.73 Å². The van der Waals surface area contributed by atoms with E-state index in [1.807, 2.05) is 0 Å². The van der Waals surface area contributed by atoms with E-state index in [-0.39, 0.29) is 0 Å². The van der Waals surface area contributed by atoms with E-state index in [1.54, 1.807) is 6.20 Å². The number of aromatic nitrogens is 2. The second kappa shape index (κ2) is 6.63. The van der Waals surface area contributed by atoms with Crippen LogP contribution >= 0.6 is 0 Å². The van der Waals surface area contributed by atoms with Gasteiger partial charge in [0.15, 0.2) is 0 Å². The van der Waals surface area contributed by atoms with Crippen molar-refractivity contribution in [2.75, 3.05) is 5.32 Å². The second-order valence-corrected chi connectivity index (χ2v) is 7.02. The van der Waals surface area contributed by atoms with Crippen LogP contribution in [0.25, 0.3) is 0 Å². The van der Waals surface area contributed by atoms with Crippen LogP contribution in [0, 0.1) is 11.8 Å². The van der Waals surface area contributed by atoms with Gasteiger partial charge in [-0.05, 0) is 43.9 Å². The standard InChI is InChI=1S/C17H26N4O/c1-11-5-7-13(8-6-11)20-17-19-10-14(16(18)22)15(21-17)9-12-3-2-4-12/h10-13H,2-9H2,1H3,(H2,18,22)(H,19,20,21). The van der Waals surface area contributed by atoms with E-state index in [0.717, 1.165) is 18.0 Å². The molecular weight excluding hydrogens is 276 g/mol. The first kappa shape index (κ1) is 15.3. The van der Waals surface area contributed by atoms with Crippen molar-refractivity contribution in [1.82, 2.24) is 9.97 Å². The van der Waals surface area contributed by atoms with E-state index >= 15 is 0 Å². The molecule has 2 aliphatic rings. The SMILES string of the molecule is CC1CCC(Nc2ncc(C(N)=O)c(CC3CCC3)n2)CC1. The highest BCUT2D eigenvalue weighted by Gasteiger charge is 2.23. The van der Waals surface area contributed by atoms with Gasteiger partial charge >= 0.3 is 0 Å². The van der Waals surface area contributed by atoms with Crippen LogP contribution in [0.5, 0.6) is 0 Å². The molecule has 2 fully saturated rings. The average molecular weight is 302 g/mol. The first-order chi connectivity index (χ1) is 10.6. The van der Waals surface area contributed by atoms with E-state index in [2.05, 4.69) is 22.2 Å². The Morgan fingerprint density at radius 1 is 1.27 bits per heavy atom. The summed E-state index contributed by atoms with van der Waals surface area (Å²) >= 11 is 0. The summed E-state index contributed by atoms with van der Waals surface area (Å²) in [6, 6.07) is 0.451. The second-order valence-electron chi connectivity index (χ2n) is 7.02. The number of rotatable bonds is 5. The maximum Gasteiger partial charge on any atom is 0.252 e. The number of primary amides is 1. The fourth-order valence-corrected chi connectivity index (χ4v) is 3.41. The zero-order valence-electron chi connectivity index (χ0n) is 13.3. The van der Waals surface area contributed by atoms with Gasteiger partial charge in [0.05, 0.1) is 11.3 Å². The topological polar surface area (TPSA) is 80.9 Å². The van der Waals surface area contributed by atoms with Crippen molar-refractivity contribution >= 4 is 11.9 Å². The van der Waals surface area contributed by atoms with Crippen LogP contribution in [-0.4, -0.2) is 21.9 Å². The molecule has 0 spiro atoms. The number of hydrogen-bond acceptors (Lipinski definition) is 4. The monoisotopic (exact) mass is 302 g/mol. The molecule has 0 unspecified atom stereocenters. The Labute approximate surface area is 132 Å². The van der Waals surface area contributed by atoms with Crippen molar-refractivity contribution in [1.29, 1.82) is 0 Å². The van der Waals surface area contributed by atoms with Crippen molar-refractivity contribution < 1.29 is 4.79 Å². The molecule has 120 valence electrons. The summed E-state index contributed by atoms with van der Waals surface area (Å²) in [5.74, 6) is 1.70. The van der Waals surface area contributed by atoms with E-state index in [1.165, 1.54) is 44.9 Å². The van der Waals surface area contributed by atoms with E-state index < -0.39 is 5.91 Å². The van der Waals surface area contributed by atoms with Gasteiger partial charge in [-0.1, -0.05) is 26.2 Å². The number of nitrogens with one attached hydrogen (secondary N) is 1. The van der Waals surface area contributed by atoms with Crippen LogP contribution in [0.3, 0.4) is 0 Å². The lowest BCUT2D eigenvalue weighted by molar-refractivity contribution is 0.0998. The Morgan fingerprint density at radius 3 is 2.59 bits per heavy atom. The number of nitrogens with zero attached hydrogens (tertiary/aromatic N) is 2. The summed E-state index contributed by atoms with van der Waals surface area (Å²) in [6.45, 7) is 2.31. The van der Waals surface area contributed by atoms with Gasteiger partial charge < -0.3 is 11.1 Å². The molecule has 0 radical (unpaired) electrons. The predicted octanol–water partition coefficient (Wildman–Crippen LogP) is 2.91. The molecule has 1 amide bonds. The Balaban J connectivity index is 1.71. The molecule has 5 nitrogen and oxygen atoms in total. The van der Waals surface area contributed by atoms with Gasteiger partial charge in [0.1, 0.15) is 0 Å². The van der Waals surface area contributed by atoms with E-state index in [0.29, 0.717) is 23.5 Å².